The summed E-state index contributed by atoms with van der Waals surface area (Å²) in [6.07, 6.45) is 1.70. The van der Waals surface area contributed by atoms with Crippen molar-refractivity contribution in [3.8, 4) is 5.75 Å². The van der Waals surface area contributed by atoms with Crippen LogP contribution in [0.3, 0.4) is 0 Å². The van der Waals surface area contributed by atoms with Crippen LogP contribution in [0.2, 0.25) is 0 Å². The van der Waals surface area contributed by atoms with Crippen LogP contribution < -0.4 is 4.74 Å². The van der Waals surface area contributed by atoms with Crippen molar-refractivity contribution in [3.63, 3.8) is 0 Å². The van der Waals surface area contributed by atoms with Gasteiger partial charge in [-0.1, -0.05) is 91.0 Å². The van der Waals surface area contributed by atoms with Crippen LogP contribution in [-0.2, 0) is 48.2 Å². The molecular formula is C37H44O7. The van der Waals surface area contributed by atoms with Crippen molar-refractivity contribution in [2.24, 2.45) is 0 Å². The summed E-state index contributed by atoms with van der Waals surface area (Å²) in [6, 6.07) is 27.8. The fraction of sp³-hybridized carbons (Fsp3) is 0.351. The molecule has 1 fully saturated rings. The fourth-order valence-electron chi connectivity index (χ4n) is 5.24. The van der Waals surface area contributed by atoms with Gasteiger partial charge >= 0.3 is 0 Å². The monoisotopic (exact) mass is 600 g/mol. The van der Waals surface area contributed by atoms with E-state index in [-0.39, 0.29) is 6.61 Å². The van der Waals surface area contributed by atoms with E-state index in [1.165, 1.54) is 0 Å². The second-order valence-corrected chi connectivity index (χ2v) is 10.4. The number of hydrogen-bond donors (Lipinski definition) is 0. The third-order valence-electron chi connectivity index (χ3n) is 7.33. The predicted molar refractivity (Wildman–Crippen MR) is 171 cm³/mol. The average molecular weight is 601 g/mol. The molecule has 7 nitrogen and oxygen atoms in total. The van der Waals surface area contributed by atoms with Gasteiger partial charge < -0.3 is 33.2 Å². The van der Waals surface area contributed by atoms with E-state index in [4.69, 9.17) is 33.2 Å². The van der Waals surface area contributed by atoms with Gasteiger partial charge in [-0.3, -0.25) is 0 Å². The van der Waals surface area contributed by atoms with Gasteiger partial charge in [0.15, 0.2) is 0 Å². The van der Waals surface area contributed by atoms with Crippen LogP contribution in [0.4, 0.5) is 0 Å². The molecule has 0 saturated heterocycles. The number of hydrogen-bond acceptors (Lipinski definition) is 7. The minimum absolute atomic E-state index is 0.288. The molecule has 0 radical (unpaired) electrons. The second-order valence-electron chi connectivity index (χ2n) is 10.4. The lowest BCUT2D eigenvalue weighted by atomic mass is 9.83. The van der Waals surface area contributed by atoms with Crippen molar-refractivity contribution in [2.75, 3.05) is 26.9 Å². The van der Waals surface area contributed by atoms with E-state index >= 15 is 0 Å². The molecule has 7 heteroatoms. The van der Waals surface area contributed by atoms with Crippen molar-refractivity contribution >= 4 is 0 Å². The Morgan fingerprint density at radius 1 is 0.455 bits per heavy atom. The van der Waals surface area contributed by atoms with Gasteiger partial charge in [0.2, 0.25) is 0 Å². The molecule has 0 heterocycles. The Labute approximate surface area is 261 Å². The number of ether oxygens (including phenoxy) is 7. The van der Waals surface area contributed by atoms with Crippen LogP contribution in [0, 0.1) is 0 Å². The van der Waals surface area contributed by atoms with Gasteiger partial charge in [-0.15, -0.1) is 19.7 Å². The van der Waals surface area contributed by atoms with Crippen LogP contribution in [0.15, 0.2) is 123 Å². The predicted octanol–water partition coefficient (Wildman–Crippen LogP) is 6.48. The quantitative estimate of drug-likeness (QED) is 0.146. The van der Waals surface area contributed by atoms with Crippen LogP contribution in [0.25, 0.3) is 0 Å². The maximum Gasteiger partial charge on any atom is 0.118 e. The number of benzene rings is 3. The highest BCUT2D eigenvalue weighted by atomic mass is 16.6. The molecule has 234 valence electrons. The summed E-state index contributed by atoms with van der Waals surface area (Å²) in [5.74, 6) is 0.775. The Hall–Kier alpha value is -3.56. The smallest absolute Gasteiger partial charge is 0.118 e. The molecular weight excluding hydrogens is 556 g/mol. The van der Waals surface area contributed by atoms with Gasteiger partial charge in [-0.2, -0.15) is 0 Å². The maximum atomic E-state index is 6.72. The second kappa shape index (κ2) is 18.3. The third kappa shape index (κ3) is 9.47. The van der Waals surface area contributed by atoms with Crippen LogP contribution in [0.1, 0.15) is 16.7 Å². The zero-order chi connectivity index (χ0) is 31.0. The van der Waals surface area contributed by atoms with E-state index in [1.807, 2.05) is 84.9 Å². The van der Waals surface area contributed by atoms with Crippen LogP contribution in [-0.4, -0.2) is 63.6 Å². The molecule has 0 unspecified atom stereocenters. The minimum atomic E-state index is -0.583. The largest absolute Gasteiger partial charge is 0.497 e. The SMILES string of the molecule is C=CCO[C@@H]1[C@@H](OCC=C)[C@H](OCc2ccc(OC)cc2)[C@H](OCc2ccccc2)[C@H](OCc2ccccc2)[C@H]1OCC=C. The molecule has 0 aliphatic heterocycles. The molecule has 3 aromatic rings. The molecule has 0 spiro atoms. The Bertz CT molecular complexity index is 1250. The van der Waals surface area contributed by atoms with Gasteiger partial charge in [0.25, 0.3) is 0 Å². The normalized spacial score (nSPS) is 23.1. The number of rotatable bonds is 19. The topological polar surface area (TPSA) is 64.6 Å². The van der Waals surface area contributed by atoms with E-state index in [1.54, 1.807) is 25.3 Å². The van der Waals surface area contributed by atoms with Crippen molar-refractivity contribution < 1.29 is 33.2 Å². The van der Waals surface area contributed by atoms with Gasteiger partial charge in [0, 0.05) is 0 Å². The molecule has 0 bridgehead atoms. The molecule has 0 amide bonds. The van der Waals surface area contributed by atoms with Crippen LogP contribution in [0.5, 0.6) is 5.75 Å². The molecule has 0 aromatic heterocycles. The molecule has 4 rings (SSSR count). The zero-order valence-corrected chi connectivity index (χ0v) is 25.5. The molecule has 6 atom stereocenters. The molecule has 1 aliphatic rings. The van der Waals surface area contributed by atoms with Gasteiger partial charge in [0.1, 0.15) is 42.4 Å². The summed E-state index contributed by atoms with van der Waals surface area (Å²) in [7, 11) is 1.65. The summed E-state index contributed by atoms with van der Waals surface area (Å²) < 4.78 is 44.7. The first-order valence-corrected chi connectivity index (χ1v) is 14.9. The number of methoxy groups -OCH3 is 1. The molecule has 44 heavy (non-hydrogen) atoms. The Morgan fingerprint density at radius 3 is 1.09 bits per heavy atom. The highest BCUT2D eigenvalue weighted by Crippen LogP contribution is 2.35. The van der Waals surface area contributed by atoms with E-state index in [2.05, 4.69) is 19.7 Å². The third-order valence-corrected chi connectivity index (χ3v) is 7.33. The lowest BCUT2D eigenvalue weighted by Crippen LogP contribution is -2.67. The van der Waals surface area contributed by atoms with Gasteiger partial charge in [-0.05, 0) is 28.8 Å². The summed E-state index contributed by atoms with van der Waals surface area (Å²) in [4.78, 5) is 0. The Morgan fingerprint density at radius 2 is 0.773 bits per heavy atom. The molecule has 1 saturated carbocycles. The van der Waals surface area contributed by atoms with E-state index in [9.17, 15) is 0 Å². The standard InChI is InChI=1S/C37H44O7/c1-5-22-39-32-33(40-23-6-2)35(42-25-28-14-10-8-11-15-28)37(43-26-29-16-12-9-13-17-29)36(34(32)41-24-7-3)44-27-30-18-20-31(38-4)21-19-30/h5-21,32-37H,1-3,22-27H2,4H3/t32-,33-,34+,35+,36-,37+/m0/s1. The highest BCUT2D eigenvalue weighted by molar-refractivity contribution is 5.26. The lowest BCUT2D eigenvalue weighted by molar-refractivity contribution is -0.283. The van der Waals surface area contributed by atoms with E-state index in [0.717, 1.165) is 22.4 Å². The zero-order valence-electron chi connectivity index (χ0n) is 25.5. The highest BCUT2D eigenvalue weighted by Gasteiger charge is 2.54. The first kappa shape index (κ1) is 33.3. The Kier molecular flexibility index (Phi) is 13.9. The first-order chi connectivity index (χ1) is 21.7. The summed E-state index contributed by atoms with van der Waals surface area (Å²) >= 11 is 0. The van der Waals surface area contributed by atoms with Gasteiger partial charge in [-0.25, -0.2) is 0 Å². The molecule has 1 aliphatic carbocycles. The van der Waals surface area contributed by atoms with Crippen molar-refractivity contribution in [1.82, 2.24) is 0 Å². The summed E-state index contributed by atoms with van der Waals surface area (Å²) in [5.41, 5.74) is 3.03. The van der Waals surface area contributed by atoms with Crippen molar-refractivity contribution in [1.29, 1.82) is 0 Å². The Balaban J connectivity index is 1.73. The fourth-order valence-corrected chi connectivity index (χ4v) is 5.24. The average Bonchev–Trinajstić information content (AvgIpc) is 3.07. The van der Waals surface area contributed by atoms with E-state index in [0.29, 0.717) is 33.0 Å². The summed E-state index contributed by atoms with van der Waals surface area (Å²) in [6.45, 7) is 13.5. The van der Waals surface area contributed by atoms with Crippen LogP contribution >= 0.6 is 0 Å². The minimum Gasteiger partial charge on any atom is -0.497 e. The van der Waals surface area contributed by atoms with Crippen molar-refractivity contribution in [2.45, 2.75) is 56.4 Å². The molecule has 0 N–H and O–H groups in total. The van der Waals surface area contributed by atoms with Crippen molar-refractivity contribution in [3.05, 3.63) is 140 Å². The van der Waals surface area contributed by atoms with Gasteiger partial charge in [0.05, 0.1) is 46.8 Å². The first-order valence-electron chi connectivity index (χ1n) is 14.9. The lowest BCUT2D eigenvalue weighted by Gasteiger charge is -2.49. The maximum absolute atomic E-state index is 6.72. The molecule has 3 aromatic carbocycles. The summed E-state index contributed by atoms with van der Waals surface area (Å²) in [5, 5.41) is 0. The van der Waals surface area contributed by atoms with E-state index < -0.39 is 36.6 Å².